The van der Waals surface area contributed by atoms with E-state index in [1.54, 1.807) is 12.4 Å². The van der Waals surface area contributed by atoms with Crippen molar-refractivity contribution in [3.8, 4) is 0 Å². The zero-order chi connectivity index (χ0) is 18.4. The van der Waals surface area contributed by atoms with Crippen molar-refractivity contribution >= 4 is 5.91 Å². The standard InChI is InChI=1S/C21H24F2N2O/c22-19-4-1-5-20(23)18(19)8-6-17-3-2-14-25(15-17)21(26)9-7-16-10-12-24-13-11-16/h1,4-5,10-13,17H,2-3,6-9,14-15H2/t17-/m0/s1. The molecule has 1 aliphatic rings. The summed E-state index contributed by atoms with van der Waals surface area (Å²) in [5, 5.41) is 0. The quantitative estimate of drug-likeness (QED) is 0.777. The molecule has 138 valence electrons. The highest BCUT2D eigenvalue weighted by Crippen LogP contribution is 2.24. The SMILES string of the molecule is O=C(CCc1ccncc1)N1CCC[C@@H](CCc2c(F)cccc2F)C1. The minimum atomic E-state index is -0.480. The predicted octanol–water partition coefficient (Wildman–Crippen LogP) is 4.16. The Balaban J connectivity index is 1.50. The Kier molecular flexibility index (Phi) is 6.31. The summed E-state index contributed by atoms with van der Waals surface area (Å²) < 4.78 is 27.5. The van der Waals surface area contributed by atoms with Crippen LogP contribution in [0, 0.1) is 17.6 Å². The van der Waals surface area contributed by atoms with Crippen molar-refractivity contribution in [3.63, 3.8) is 0 Å². The number of carbonyl (C=O) groups is 1. The van der Waals surface area contributed by atoms with Gasteiger partial charge in [-0.1, -0.05) is 6.07 Å². The molecule has 0 saturated carbocycles. The summed E-state index contributed by atoms with van der Waals surface area (Å²) in [5.74, 6) is -0.506. The van der Waals surface area contributed by atoms with E-state index in [9.17, 15) is 13.6 Å². The summed E-state index contributed by atoms with van der Waals surface area (Å²) in [5.41, 5.74) is 1.27. The summed E-state index contributed by atoms with van der Waals surface area (Å²) in [4.78, 5) is 18.4. The van der Waals surface area contributed by atoms with Gasteiger partial charge in [0.2, 0.25) is 5.91 Å². The first kappa shape index (κ1) is 18.5. The van der Waals surface area contributed by atoms with Gasteiger partial charge in [-0.25, -0.2) is 8.78 Å². The monoisotopic (exact) mass is 358 g/mol. The number of halogens is 2. The maximum Gasteiger partial charge on any atom is 0.222 e. The van der Waals surface area contributed by atoms with Gasteiger partial charge in [0, 0.05) is 37.5 Å². The Morgan fingerprint density at radius 3 is 2.58 bits per heavy atom. The number of carbonyl (C=O) groups excluding carboxylic acids is 1. The van der Waals surface area contributed by atoms with Crippen LogP contribution in [-0.2, 0) is 17.6 Å². The summed E-state index contributed by atoms with van der Waals surface area (Å²) in [6.45, 7) is 1.46. The molecule has 26 heavy (non-hydrogen) atoms. The van der Waals surface area contributed by atoms with Crippen LogP contribution in [0.15, 0.2) is 42.7 Å². The van der Waals surface area contributed by atoms with E-state index in [2.05, 4.69) is 4.98 Å². The molecule has 0 bridgehead atoms. The molecule has 0 N–H and O–H groups in total. The highest BCUT2D eigenvalue weighted by molar-refractivity contribution is 5.76. The second-order valence-electron chi connectivity index (χ2n) is 6.94. The van der Waals surface area contributed by atoms with Gasteiger partial charge in [0.25, 0.3) is 0 Å². The van der Waals surface area contributed by atoms with E-state index >= 15 is 0 Å². The Hall–Kier alpha value is -2.30. The van der Waals surface area contributed by atoms with Crippen LogP contribution in [-0.4, -0.2) is 28.9 Å². The molecule has 1 atom stereocenters. The maximum atomic E-state index is 13.8. The average molecular weight is 358 g/mol. The lowest BCUT2D eigenvalue weighted by atomic mass is 9.91. The summed E-state index contributed by atoms with van der Waals surface area (Å²) in [6.07, 6.45) is 7.70. The van der Waals surface area contributed by atoms with Gasteiger partial charge in [-0.3, -0.25) is 9.78 Å². The van der Waals surface area contributed by atoms with E-state index < -0.39 is 11.6 Å². The van der Waals surface area contributed by atoms with Crippen LogP contribution in [0.2, 0.25) is 0 Å². The summed E-state index contributed by atoms with van der Waals surface area (Å²) in [7, 11) is 0. The predicted molar refractivity (Wildman–Crippen MR) is 96.5 cm³/mol. The van der Waals surface area contributed by atoms with Gasteiger partial charge < -0.3 is 4.90 Å². The Morgan fingerprint density at radius 1 is 1.12 bits per heavy atom. The molecule has 3 rings (SSSR count). The van der Waals surface area contributed by atoms with Gasteiger partial charge in [-0.05, 0) is 67.9 Å². The van der Waals surface area contributed by atoms with E-state index in [4.69, 9.17) is 0 Å². The number of aryl methyl sites for hydroxylation is 1. The van der Waals surface area contributed by atoms with Crippen LogP contribution in [0.5, 0.6) is 0 Å². The first-order chi connectivity index (χ1) is 12.6. The van der Waals surface area contributed by atoms with Gasteiger partial charge >= 0.3 is 0 Å². The molecule has 1 amide bonds. The first-order valence-electron chi connectivity index (χ1n) is 9.23. The minimum absolute atomic E-state index is 0.156. The lowest BCUT2D eigenvalue weighted by Gasteiger charge is -2.33. The van der Waals surface area contributed by atoms with Gasteiger partial charge in [-0.2, -0.15) is 0 Å². The number of piperidine rings is 1. The van der Waals surface area contributed by atoms with E-state index in [1.807, 2.05) is 17.0 Å². The highest BCUT2D eigenvalue weighted by Gasteiger charge is 2.24. The number of aromatic nitrogens is 1. The third kappa shape index (κ3) is 4.87. The molecule has 1 aromatic carbocycles. The van der Waals surface area contributed by atoms with Crippen molar-refractivity contribution in [2.24, 2.45) is 5.92 Å². The molecule has 1 saturated heterocycles. The number of benzene rings is 1. The minimum Gasteiger partial charge on any atom is -0.342 e. The number of pyridine rings is 1. The largest absolute Gasteiger partial charge is 0.342 e. The van der Waals surface area contributed by atoms with Crippen LogP contribution in [0.25, 0.3) is 0 Å². The molecule has 3 nitrogen and oxygen atoms in total. The summed E-state index contributed by atoms with van der Waals surface area (Å²) >= 11 is 0. The lowest BCUT2D eigenvalue weighted by Crippen LogP contribution is -2.40. The molecular formula is C21H24F2N2O. The van der Waals surface area contributed by atoms with E-state index in [0.29, 0.717) is 38.1 Å². The number of likely N-dealkylation sites (tertiary alicyclic amines) is 1. The normalized spacial score (nSPS) is 17.3. The van der Waals surface area contributed by atoms with Crippen molar-refractivity contribution < 1.29 is 13.6 Å². The second-order valence-corrected chi connectivity index (χ2v) is 6.94. The lowest BCUT2D eigenvalue weighted by molar-refractivity contribution is -0.133. The molecule has 2 aromatic rings. The molecule has 1 fully saturated rings. The van der Waals surface area contributed by atoms with Gasteiger partial charge in [0.05, 0.1) is 0 Å². The number of amides is 1. The molecule has 0 radical (unpaired) electrons. The summed E-state index contributed by atoms with van der Waals surface area (Å²) in [6, 6.07) is 7.84. The number of rotatable bonds is 6. The smallest absolute Gasteiger partial charge is 0.222 e. The van der Waals surface area contributed by atoms with Gasteiger partial charge in [0.15, 0.2) is 0 Å². The fraction of sp³-hybridized carbons (Fsp3) is 0.429. The topological polar surface area (TPSA) is 33.2 Å². The molecular weight excluding hydrogens is 334 g/mol. The van der Waals surface area contributed by atoms with E-state index in [0.717, 1.165) is 24.9 Å². The molecule has 0 spiro atoms. The molecule has 0 aliphatic carbocycles. The fourth-order valence-electron chi connectivity index (χ4n) is 3.61. The van der Waals surface area contributed by atoms with Gasteiger partial charge in [-0.15, -0.1) is 0 Å². The third-order valence-corrected chi connectivity index (χ3v) is 5.11. The van der Waals surface area contributed by atoms with Crippen LogP contribution in [0.3, 0.4) is 0 Å². The van der Waals surface area contributed by atoms with Gasteiger partial charge in [0.1, 0.15) is 11.6 Å². The molecule has 0 unspecified atom stereocenters. The van der Waals surface area contributed by atoms with Crippen molar-refractivity contribution in [1.82, 2.24) is 9.88 Å². The number of nitrogens with zero attached hydrogens (tertiary/aromatic N) is 2. The zero-order valence-corrected chi connectivity index (χ0v) is 14.8. The molecule has 5 heteroatoms. The fourth-order valence-corrected chi connectivity index (χ4v) is 3.61. The average Bonchev–Trinajstić information content (AvgIpc) is 2.67. The molecule has 1 aliphatic heterocycles. The molecule has 1 aromatic heterocycles. The number of hydrogen-bond donors (Lipinski definition) is 0. The van der Waals surface area contributed by atoms with Crippen molar-refractivity contribution in [2.45, 2.75) is 38.5 Å². The molecule has 2 heterocycles. The third-order valence-electron chi connectivity index (χ3n) is 5.11. The Bertz CT molecular complexity index is 716. The van der Waals surface area contributed by atoms with Crippen LogP contribution < -0.4 is 0 Å². The van der Waals surface area contributed by atoms with Crippen LogP contribution in [0.1, 0.15) is 36.8 Å². The van der Waals surface area contributed by atoms with Crippen molar-refractivity contribution in [1.29, 1.82) is 0 Å². The zero-order valence-electron chi connectivity index (χ0n) is 14.8. The highest BCUT2D eigenvalue weighted by atomic mass is 19.1. The van der Waals surface area contributed by atoms with Crippen molar-refractivity contribution in [3.05, 3.63) is 65.5 Å². The Labute approximate surface area is 153 Å². The first-order valence-corrected chi connectivity index (χ1v) is 9.23. The Morgan fingerprint density at radius 2 is 1.85 bits per heavy atom. The van der Waals surface area contributed by atoms with Crippen molar-refractivity contribution in [2.75, 3.05) is 13.1 Å². The maximum absolute atomic E-state index is 13.8. The van der Waals surface area contributed by atoms with E-state index in [1.165, 1.54) is 18.2 Å². The second kappa shape index (κ2) is 8.88. The van der Waals surface area contributed by atoms with Crippen LogP contribution in [0.4, 0.5) is 8.78 Å². The van der Waals surface area contributed by atoms with Crippen LogP contribution >= 0.6 is 0 Å². The van der Waals surface area contributed by atoms with E-state index in [-0.39, 0.29) is 11.5 Å². The number of hydrogen-bond acceptors (Lipinski definition) is 2.